The Morgan fingerprint density at radius 2 is 2.20 bits per heavy atom. The number of halogens is 3. The van der Waals surface area contributed by atoms with Gasteiger partial charge in [0.2, 0.25) is 0 Å². The Morgan fingerprint density at radius 3 is 2.80 bits per heavy atom. The van der Waals surface area contributed by atoms with Crippen LogP contribution >= 0.6 is 0 Å². The molecule has 0 saturated carbocycles. The van der Waals surface area contributed by atoms with Crippen molar-refractivity contribution in [1.29, 1.82) is 0 Å². The number of aromatic amines is 1. The fraction of sp³-hybridized carbons (Fsp3) is 0.444. The maximum absolute atomic E-state index is 12.5. The van der Waals surface area contributed by atoms with Crippen LogP contribution < -0.4 is 0 Å². The van der Waals surface area contributed by atoms with Crippen molar-refractivity contribution in [2.45, 2.75) is 25.3 Å². The highest BCUT2D eigenvalue weighted by Crippen LogP contribution is 2.38. The standard InChI is InChI=1S/C9H8BF3N2/c1-4-14-7-3-5(9(11,12)13)2-6(10)8(7)15-4/h3,6H,2H2,1H3,(H,14,15). The zero-order chi connectivity index (χ0) is 11.2. The zero-order valence-corrected chi connectivity index (χ0v) is 8.02. The quantitative estimate of drug-likeness (QED) is 0.656. The highest BCUT2D eigenvalue weighted by molar-refractivity contribution is 6.13. The summed E-state index contributed by atoms with van der Waals surface area (Å²) < 4.78 is 37.4. The SMILES string of the molecule is [B]C1CC(C(F)(F)F)=Cc2nc(C)[nH]c21. The molecule has 1 atom stereocenters. The van der Waals surface area contributed by atoms with E-state index < -0.39 is 17.6 Å². The molecule has 2 nitrogen and oxygen atoms in total. The molecule has 6 heteroatoms. The first-order valence-corrected chi connectivity index (χ1v) is 4.48. The number of nitrogens with one attached hydrogen (secondary N) is 1. The molecular weight excluding hydrogens is 204 g/mol. The van der Waals surface area contributed by atoms with Crippen LogP contribution in [0.2, 0.25) is 0 Å². The fourth-order valence-electron chi connectivity index (χ4n) is 1.68. The van der Waals surface area contributed by atoms with Crippen LogP contribution in [-0.2, 0) is 0 Å². The Labute approximate surface area is 86.0 Å². The van der Waals surface area contributed by atoms with E-state index in [0.717, 1.165) is 6.08 Å². The van der Waals surface area contributed by atoms with Crippen molar-refractivity contribution in [3.63, 3.8) is 0 Å². The van der Waals surface area contributed by atoms with Gasteiger partial charge in [0.15, 0.2) is 0 Å². The Balaban J connectivity index is 2.47. The monoisotopic (exact) mass is 212 g/mol. The van der Waals surface area contributed by atoms with Crippen LogP contribution in [0.25, 0.3) is 6.08 Å². The number of allylic oxidation sites excluding steroid dienone is 1. The van der Waals surface area contributed by atoms with Crippen LogP contribution in [-0.4, -0.2) is 24.0 Å². The Kier molecular flexibility index (Phi) is 2.17. The number of nitrogens with zero attached hydrogens (tertiary/aromatic N) is 1. The molecular formula is C9H8BF3N2. The first-order valence-electron chi connectivity index (χ1n) is 4.48. The van der Waals surface area contributed by atoms with E-state index in [1.54, 1.807) is 6.92 Å². The summed E-state index contributed by atoms with van der Waals surface area (Å²) in [7, 11) is 5.63. The molecule has 15 heavy (non-hydrogen) atoms. The molecule has 1 N–H and O–H groups in total. The molecule has 0 spiro atoms. The number of alkyl halides is 3. The molecule has 0 saturated heterocycles. The van der Waals surface area contributed by atoms with Crippen LogP contribution in [0.1, 0.15) is 29.5 Å². The molecule has 1 heterocycles. The summed E-state index contributed by atoms with van der Waals surface area (Å²) in [5.41, 5.74) is 0.271. The van der Waals surface area contributed by atoms with E-state index in [4.69, 9.17) is 7.85 Å². The molecule has 78 valence electrons. The largest absolute Gasteiger partial charge is 0.412 e. The lowest BCUT2D eigenvalue weighted by Gasteiger charge is -2.20. The van der Waals surface area contributed by atoms with Crippen LogP contribution in [0, 0.1) is 6.92 Å². The van der Waals surface area contributed by atoms with Gasteiger partial charge in [-0.2, -0.15) is 13.2 Å². The molecule has 0 fully saturated rings. The van der Waals surface area contributed by atoms with Crippen molar-refractivity contribution in [2.75, 3.05) is 0 Å². The highest BCUT2D eigenvalue weighted by atomic mass is 19.4. The van der Waals surface area contributed by atoms with Gasteiger partial charge in [0, 0.05) is 11.3 Å². The lowest BCUT2D eigenvalue weighted by Crippen LogP contribution is -2.18. The van der Waals surface area contributed by atoms with Crippen molar-refractivity contribution in [3.8, 4) is 0 Å². The van der Waals surface area contributed by atoms with Crippen LogP contribution in [0.4, 0.5) is 13.2 Å². The van der Waals surface area contributed by atoms with E-state index in [1.165, 1.54) is 0 Å². The maximum atomic E-state index is 12.5. The van der Waals surface area contributed by atoms with Crippen molar-refractivity contribution >= 4 is 13.9 Å². The predicted octanol–water partition coefficient (Wildman–Crippen LogP) is 2.28. The maximum Gasteiger partial charge on any atom is 0.412 e. The molecule has 1 aliphatic carbocycles. The Bertz CT molecular complexity index is 419. The van der Waals surface area contributed by atoms with E-state index in [0.29, 0.717) is 17.2 Å². The smallest absolute Gasteiger partial charge is 0.346 e. The van der Waals surface area contributed by atoms with Gasteiger partial charge < -0.3 is 4.98 Å². The number of aromatic nitrogens is 2. The summed E-state index contributed by atoms with van der Waals surface area (Å²) in [6, 6.07) is 0. The van der Waals surface area contributed by atoms with E-state index >= 15 is 0 Å². The molecule has 1 aromatic heterocycles. The zero-order valence-electron chi connectivity index (χ0n) is 8.02. The summed E-state index contributed by atoms with van der Waals surface area (Å²) in [6.45, 7) is 1.69. The van der Waals surface area contributed by atoms with Gasteiger partial charge in [-0.05, 0) is 25.2 Å². The molecule has 1 aliphatic rings. The molecule has 0 amide bonds. The summed E-state index contributed by atoms with van der Waals surface area (Å²) in [5, 5.41) is 0. The van der Waals surface area contributed by atoms with E-state index in [-0.39, 0.29) is 6.42 Å². The summed E-state index contributed by atoms with van der Waals surface area (Å²) in [6.07, 6.45) is -3.46. The highest BCUT2D eigenvalue weighted by Gasteiger charge is 2.37. The molecule has 0 aliphatic heterocycles. The first-order chi connectivity index (χ1) is 6.88. The van der Waals surface area contributed by atoms with Crippen molar-refractivity contribution in [2.24, 2.45) is 0 Å². The number of hydrogen-bond acceptors (Lipinski definition) is 1. The lowest BCUT2D eigenvalue weighted by atomic mass is 9.75. The van der Waals surface area contributed by atoms with Crippen molar-refractivity contribution in [1.82, 2.24) is 9.97 Å². The second kappa shape index (κ2) is 3.15. The second-order valence-electron chi connectivity index (χ2n) is 3.60. The number of fused-ring (bicyclic) bond motifs is 1. The third-order valence-corrected chi connectivity index (χ3v) is 2.37. The Hall–Kier alpha value is -1.20. The minimum Gasteiger partial charge on any atom is -0.346 e. The predicted molar refractivity (Wildman–Crippen MR) is 50.5 cm³/mol. The van der Waals surface area contributed by atoms with Gasteiger partial charge >= 0.3 is 6.18 Å². The number of hydrogen-bond donors (Lipinski definition) is 1. The number of rotatable bonds is 0. The normalized spacial score (nSPS) is 21.1. The van der Waals surface area contributed by atoms with E-state index in [9.17, 15) is 13.2 Å². The third-order valence-electron chi connectivity index (χ3n) is 2.37. The lowest BCUT2D eigenvalue weighted by molar-refractivity contribution is -0.0932. The van der Waals surface area contributed by atoms with Gasteiger partial charge in [0.05, 0.1) is 13.5 Å². The summed E-state index contributed by atoms with van der Waals surface area (Å²) in [4.78, 5) is 6.82. The summed E-state index contributed by atoms with van der Waals surface area (Å²) in [5.74, 6) is -0.0713. The number of H-pyrrole nitrogens is 1. The molecule has 0 aromatic carbocycles. The first kappa shape index (κ1) is 10.3. The number of imidazole rings is 1. The fourth-order valence-corrected chi connectivity index (χ4v) is 1.68. The van der Waals surface area contributed by atoms with Gasteiger partial charge in [0.1, 0.15) is 5.82 Å². The van der Waals surface area contributed by atoms with Gasteiger partial charge in [-0.15, -0.1) is 0 Å². The Morgan fingerprint density at radius 1 is 1.53 bits per heavy atom. The minimum absolute atomic E-state index is 0.196. The third kappa shape index (κ3) is 1.80. The average Bonchev–Trinajstić information content (AvgIpc) is 2.44. The van der Waals surface area contributed by atoms with Crippen molar-refractivity contribution in [3.05, 3.63) is 22.8 Å². The molecule has 0 bridgehead atoms. The molecule has 2 radical (unpaired) electrons. The number of aryl methyl sites for hydroxylation is 1. The van der Waals surface area contributed by atoms with Crippen LogP contribution in [0.5, 0.6) is 0 Å². The molecule has 1 unspecified atom stereocenters. The van der Waals surface area contributed by atoms with Gasteiger partial charge in [0.25, 0.3) is 0 Å². The minimum atomic E-state index is -4.32. The van der Waals surface area contributed by atoms with Gasteiger partial charge in [-0.1, -0.05) is 0 Å². The molecule has 2 rings (SSSR count). The average molecular weight is 212 g/mol. The summed E-state index contributed by atoms with van der Waals surface area (Å²) >= 11 is 0. The second-order valence-corrected chi connectivity index (χ2v) is 3.60. The molecule has 1 aromatic rings. The van der Waals surface area contributed by atoms with Crippen LogP contribution in [0.15, 0.2) is 5.57 Å². The topological polar surface area (TPSA) is 28.7 Å². The van der Waals surface area contributed by atoms with E-state index in [2.05, 4.69) is 9.97 Å². The van der Waals surface area contributed by atoms with E-state index in [1.807, 2.05) is 0 Å². The van der Waals surface area contributed by atoms with Gasteiger partial charge in [-0.3, -0.25) is 0 Å². The van der Waals surface area contributed by atoms with Crippen molar-refractivity contribution < 1.29 is 13.2 Å². The van der Waals surface area contributed by atoms with Gasteiger partial charge in [-0.25, -0.2) is 4.98 Å². The van der Waals surface area contributed by atoms with Crippen LogP contribution in [0.3, 0.4) is 0 Å².